The SMILES string of the molecule is Oc1ccc([N-]C2(N(F)c3ccc(F)cc3)CC2)cc1.[Y]. The first kappa shape index (κ1) is 16.2. The Bertz CT molecular complexity index is 600. The van der Waals surface area contributed by atoms with Crippen LogP contribution >= 0.6 is 0 Å². The van der Waals surface area contributed by atoms with Gasteiger partial charge in [0.05, 0.1) is 5.69 Å². The Hall–Kier alpha value is -1.20. The fraction of sp³-hybridized carbons (Fsp3) is 0.200. The summed E-state index contributed by atoms with van der Waals surface area (Å²) >= 11 is 0. The molecule has 1 fully saturated rings. The average molecular weight is 364 g/mol. The molecule has 0 amide bonds. The second kappa shape index (κ2) is 6.28. The van der Waals surface area contributed by atoms with E-state index in [2.05, 4.69) is 5.32 Å². The number of halogens is 2. The van der Waals surface area contributed by atoms with Crippen LogP contribution in [0.5, 0.6) is 5.75 Å². The molecule has 0 spiro atoms. The predicted octanol–water partition coefficient (Wildman–Crippen LogP) is 4.42. The number of aromatic hydroxyl groups is 1. The predicted molar refractivity (Wildman–Crippen MR) is 73.1 cm³/mol. The monoisotopic (exact) mass is 364 g/mol. The maximum absolute atomic E-state index is 14.4. The van der Waals surface area contributed by atoms with Crippen molar-refractivity contribution in [2.45, 2.75) is 18.5 Å². The summed E-state index contributed by atoms with van der Waals surface area (Å²) in [6.45, 7) is 0. The molecule has 0 atom stereocenters. The minimum Gasteiger partial charge on any atom is -0.660 e. The van der Waals surface area contributed by atoms with Gasteiger partial charge in [-0.2, -0.15) is 0 Å². The molecule has 1 aliphatic carbocycles. The van der Waals surface area contributed by atoms with E-state index in [9.17, 15) is 14.0 Å². The summed E-state index contributed by atoms with van der Waals surface area (Å²) in [6.07, 6.45) is 1.20. The van der Waals surface area contributed by atoms with Crippen molar-refractivity contribution < 1.29 is 46.7 Å². The van der Waals surface area contributed by atoms with Gasteiger partial charge in [-0.15, -0.1) is 10.2 Å². The molecule has 2 aromatic carbocycles. The Kier molecular flexibility index (Phi) is 4.84. The largest absolute Gasteiger partial charge is 0.660 e. The Morgan fingerprint density at radius 2 is 1.57 bits per heavy atom. The zero-order chi connectivity index (χ0) is 14.2. The van der Waals surface area contributed by atoms with Gasteiger partial charge in [0.1, 0.15) is 11.6 Å². The van der Waals surface area contributed by atoms with E-state index < -0.39 is 11.5 Å². The van der Waals surface area contributed by atoms with Gasteiger partial charge < -0.3 is 10.4 Å². The third-order valence-corrected chi connectivity index (χ3v) is 3.30. The second-order valence-corrected chi connectivity index (χ2v) is 4.87. The van der Waals surface area contributed by atoms with Crippen LogP contribution in [0, 0.1) is 5.82 Å². The molecule has 0 bridgehead atoms. The minimum atomic E-state index is -0.908. The van der Waals surface area contributed by atoms with Crippen LogP contribution < -0.4 is 5.12 Å². The van der Waals surface area contributed by atoms with E-state index >= 15 is 0 Å². The summed E-state index contributed by atoms with van der Waals surface area (Å²) < 4.78 is 27.3. The molecule has 0 aliphatic heterocycles. The molecular weight excluding hydrogens is 351 g/mol. The zero-order valence-electron chi connectivity index (χ0n) is 11.2. The minimum absolute atomic E-state index is 0. The Labute approximate surface area is 146 Å². The first-order valence-corrected chi connectivity index (χ1v) is 6.33. The molecule has 21 heavy (non-hydrogen) atoms. The van der Waals surface area contributed by atoms with Crippen molar-refractivity contribution >= 4 is 11.4 Å². The number of rotatable bonds is 4. The van der Waals surface area contributed by atoms with Crippen LogP contribution in [0.4, 0.5) is 20.2 Å². The van der Waals surface area contributed by atoms with E-state index in [-0.39, 0.29) is 44.1 Å². The van der Waals surface area contributed by atoms with Crippen LogP contribution in [0.1, 0.15) is 12.8 Å². The van der Waals surface area contributed by atoms with Crippen LogP contribution in [0.3, 0.4) is 0 Å². The number of hydrogen-bond acceptors (Lipinski definition) is 2. The molecular formula is C15H13F2N2OY-. The maximum atomic E-state index is 14.4. The van der Waals surface area contributed by atoms with Crippen molar-refractivity contribution in [1.82, 2.24) is 0 Å². The van der Waals surface area contributed by atoms with E-state index in [0.29, 0.717) is 23.7 Å². The van der Waals surface area contributed by atoms with E-state index in [1.54, 1.807) is 12.1 Å². The van der Waals surface area contributed by atoms with Gasteiger partial charge in [-0.25, -0.2) is 9.51 Å². The summed E-state index contributed by atoms with van der Waals surface area (Å²) in [6, 6.07) is 11.5. The number of hydrogen-bond donors (Lipinski definition) is 1. The van der Waals surface area contributed by atoms with Gasteiger partial charge >= 0.3 is 0 Å². The van der Waals surface area contributed by atoms with Crippen LogP contribution in [0.2, 0.25) is 0 Å². The van der Waals surface area contributed by atoms with Crippen molar-refractivity contribution in [1.29, 1.82) is 0 Å². The number of phenols is 1. The first-order valence-electron chi connectivity index (χ1n) is 6.33. The average Bonchev–Trinajstić information content (AvgIpc) is 3.22. The summed E-state index contributed by atoms with van der Waals surface area (Å²) in [5.41, 5.74) is -0.0223. The topological polar surface area (TPSA) is 37.6 Å². The normalized spacial score (nSPS) is 15.0. The quantitative estimate of drug-likeness (QED) is 0.816. The molecule has 2 aromatic rings. The van der Waals surface area contributed by atoms with E-state index in [0.717, 1.165) is 0 Å². The van der Waals surface area contributed by atoms with Crippen molar-refractivity contribution in [2.75, 3.05) is 5.12 Å². The number of benzene rings is 2. The molecule has 6 heteroatoms. The molecule has 0 unspecified atom stereocenters. The third-order valence-electron chi connectivity index (χ3n) is 3.30. The van der Waals surface area contributed by atoms with Crippen LogP contribution in [-0.2, 0) is 32.7 Å². The van der Waals surface area contributed by atoms with Crippen LogP contribution in [-0.4, -0.2) is 10.8 Å². The summed E-state index contributed by atoms with van der Waals surface area (Å²) in [7, 11) is 0. The standard InChI is InChI=1S/C15H13F2N2O.Y/c16-11-1-5-13(6-2-11)19(17)15(9-10-15)18-12-3-7-14(20)8-4-12;/h1-8,20H,9-10H2;/q-1;. The molecule has 3 rings (SSSR count). The molecule has 107 valence electrons. The van der Waals surface area contributed by atoms with Crippen molar-refractivity contribution in [3.05, 3.63) is 59.7 Å². The third kappa shape index (κ3) is 3.53. The Balaban J connectivity index is 0.00000161. The number of nitrogens with zero attached hydrogens (tertiary/aromatic N) is 2. The first-order chi connectivity index (χ1) is 9.59. The molecule has 1 aliphatic rings. The van der Waals surface area contributed by atoms with Gasteiger partial charge in [-0.3, -0.25) is 0 Å². The van der Waals surface area contributed by atoms with Gasteiger partial charge in [0.25, 0.3) is 0 Å². The molecule has 3 nitrogen and oxygen atoms in total. The van der Waals surface area contributed by atoms with Crippen LogP contribution in [0.25, 0.3) is 5.32 Å². The molecule has 1 radical (unpaired) electrons. The van der Waals surface area contributed by atoms with E-state index in [1.165, 1.54) is 36.4 Å². The fourth-order valence-electron chi connectivity index (χ4n) is 2.04. The number of phenolic OH excluding ortho intramolecular Hbond substituents is 1. The van der Waals surface area contributed by atoms with Crippen molar-refractivity contribution in [2.24, 2.45) is 0 Å². The smallest absolute Gasteiger partial charge is 0.123 e. The van der Waals surface area contributed by atoms with Gasteiger partial charge in [0, 0.05) is 38.4 Å². The van der Waals surface area contributed by atoms with E-state index in [4.69, 9.17) is 0 Å². The summed E-state index contributed by atoms with van der Waals surface area (Å²) in [5.74, 6) is -0.257. The Morgan fingerprint density at radius 1 is 1.00 bits per heavy atom. The summed E-state index contributed by atoms with van der Waals surface area (Å²) in [5, 5.41) is 14.2. The van der Waals surface area contributed by atoms with Gasteiger partial charge in [0.2, 0.25) is 0 Å². The molecule has 1 N–H and O–H groups in total. The summed E-state index contributed by atoms with van der Waals surface area (Å²) in [4.78, 5) is 0. The van der Waals surface area contributed by atoms with Gasteiger partial charge in [-0.05, 0) is 49.2 Å². The number of anilines is 1. The van der Waals surface area contributed by atoms with Gasteiger partial charge in [0.15, 0.2) is 0 Å². The molecule has 0 heterocycles. The van der Waals surface area contributed by atoms with E-state index in [1.807, 2.05) is 0 Å². The van der Waals surface area contributed by atoms with Crippen LogP contribution in [0.15, 0.2) is 48.5 Å². The zero-order valence-corrected chi connectivity index (χ0v) is 14.0. The molecule has 0 aromatic heterocycles. The van der Waals surface area contributed by atoms with Crippen molar-refractivity contribution in [3.8, 4) is 5.75 Å². The fourth-order valence-corrected chi connectivity index (χ4v) is 2.04. The van der Waals surface area contributed by atoms with Crippen molar-refractivity contribution in [3.63, 3.8) is 0 Å². The molecule has 0 saturated heterocycles. The second-order valence-electron chi connectivity index (χ2n) is 4.87. The Morgan fingerprint density at radius 3 is 2.10 bits per heavy atom. The maximum Gasteiger partial charge on any atom is 0.123 e. The molecule has 1 saturated carbocycles. The van der Waals surface area contributed by atoms with Gasteiger partial charge in [-0.1, -0.05) is 12.1 Å².